The molecule has 5 rings (SSSR count). The van der Waals surface area contributed by atoms with E-state index in [0.29, 0.717) is 31.2 Å². The maximum atomic E-state index is 12.7. The molecular weight excluding hydrogens is 466 g/mol. The molecule has 2 aromatic rings. The van der Waals surface area contributed by atoms with Gasteiger partial charge in [-0.15, -0.1) is 12.4 Å². The van der Waals surface area contributed by atoms with Gasteiger partial charge in [-0.1, -0.05) is 6.07 Å². The normalized spacial score (nSPS) is 24.3. The number of hydrogen-bond donors (Lipinski definition) is 4. The van der Waals surface area contributed by atoms with E-state index in [4.69, 9.17) is 5.73 Å². The van der Waals surface area contributed by atoms with E-state index in [0.717, 1.165) is 50.9 Å². The van der Waals surface area contributed by atoms with Crippen molar-refractivity contribution in [3.05, 3.63) is 52.1 Å². The first kappa shape index (κ1) is 25.6. The Morgan fingerprint density at radius 1 is 1.03 bits per heavy atom. The van der Waals surface area contributed by atoms with Crippen LogP contribution < -0.4 is 27.4 Å². The van der Waals surface area contributed by atoms with Crippen molar-refractivity contribution in [1.82, 2.24) is 25.1 Å². The van der Waals surface area contributed by atoms with Crippen molar-refractivity contribution in [2.75, 3.05) is 31.5 Å². The number of carbonyl (C=O) groups excluding carboxylic acids is 1. The lowest BCUT2D eigenvalue weighted by atomic mass is 9.85. The van der Waals surface area contributed by atoms with Gasteiger partial charge in [-0.3, -0.25) is 9.88 Å². The van der Waals surface area contributed by atoms with E-state index < -0.39 is 5.69 Å². The van der Waals surface area contributed by atoms with Gasteiger partial charge in [0.2, 0.25) is 0 Å². The topological polar surface area (TPSA) is 117 Å². The number of aromatic nitrogens is 2. The van der Waals surface area contributed by atoms with E-state index in [1.807, 2.05) is 6.07 Å². The van der Waals surface area contributed by atoms with Crippen LogP contribution in [0.2, 0.25) is 0 Å². The number of piperazine rings is 1. The quantitative estimate of drug-likeness (QED) is 0.507. The van der Waals surface area contributed by atoms with Crippen LogP contribution in [-0.2, 0) is 12.8 Å². The zero-order valence-corrected chi connectivity index (χ0v) is 20.9. The molecular formula is C25H36ClN7O2. The molecule has 190 valence electrons. The van der Waals surface area contributed by atoms with Crippen molar-refractivity contribution in [2.45, 2.75) is 63.1 Å². The molecule has 9 nitrogen and oxygen atoms in total. The molecule has 5 N–H and O–H groups in total. The highest BCUT2D eigenvalue weighted by atomic mass is 35.5. The number of fused-ring (bicyclic) bond motifs is 1. The van der Waals surface area contributed by atoms with Gasteiger partial charge in [-0.25, -0.2) is 9.59 Å². The molecule has 2 amide bonds. The minimum absolute atomic E-state index is 0. The summed E-state index contributed by atoms with van der Waals surface area (Å²) in [5.74, 6) is 0.278. The number of anilines is 1. The van der Waals surface area contributed by atoms with Gasteiger partial charge in [0.15, 0.2) is 0 Å². The van der Waals surface area contributed by atoms with Gasteiger partial charge in [0.25, 0.3) is 0 Å². The first-order valence-corrected chi connectivity index (χ1v) is 12.6. The maximum Gasteiger partial charge on any atom is 0.354 e. The van der Waals surface area contributed by atoms with Crippen molar-refractivity contribution in [2.24, 2.45) is 5.73 Å². The summed E-state index contributed by atoms with van der Waals surface area (Å²) in [5.41, 5.74) is 9.10. The summed E-state index contributed by atoms with van der Waals surface area (Å²) in [7, 11) is 0. The van der Waals surface area contributed by atoms with E-state index >= 15 is 0 Å². The summed E-state index contributed by atoms with van der Waals surface area (Å²) in [5, 5.41) is 9.81. The van der Waals surface area contributed by atoms with Crippen LogP contribution in [0.1, 0.15) is 43.2 Å². The van der Waals surface area contributed by atoms with Gasteiger partial charge in [-0.2, -0.15) is 4.98 Å². The summed E-state index contributed by atoms with van der Waals surface area (Å²) in [4.78, 5) is 30.9. The van der Waals surface area contributed by atoms with Crippen LogP contribution in [0.15, 0.2) is 35.3 Å². The predicted octanol–water partition coefficient (Wildman–Crippen LogP) is 1.81. The molecule has 1 unspecified atom stereocenters. The molecule has 0 spiro atoms. The molecule has 1 aromatic heterocycles. The Balaban J connectivity index is 0.00000289. The van der Waals surface area contributed by atoms with Crippen LogP contribution in [0.3, 0.4) is 0 Å². The molecule has 2 aliphatic carbocycles. The highest BCUT2D eigenvalue weighted by molar-refractivity contribution is 5.88. The summed E-state index contributed by atoms with van der Waals surface area (Å²) < 4.78 is 1.54. The molecule has 1 aliphatic heterocycles. The minimum atomic E-state index is -0.399. The number of nitrogens with two attached hydrogens (primary N) is 1. The van der Waals surface area contributed by atoms with Gasteiger partial charge in [0.1, 0.15) is 5.82 Å². The lowest BCUT2D eigenvalue weighted by Crippen LogP contribution is -2.48. The average Bonchev–Trinajstić information content (AvgIpc) is 2.86. The van der Waals surface area contributed by atoms with Gasteiger partial charge in [0.05, 0.1) is 5.69 Å². The predicted molar refractivity (Wildman–Crippen MR) is 140 cm³/mol. The van der Waals surface area contributed by atoms with E-state index in [-0.39, 0.29) is 24.3 Å². The third kappa shape index (κ3) is 6.22. The smallest absolute Gasteiger partial charge is 0.328 e. The number of amides is 2. The molecule has 1 saturated heterocycles. The summed E-state index contributed by atoms with van der Waals surface area (Å²) in [6, 6.07) is 9.15. The largest absolute Gasteiger partial charge is 0.354 e. The summed E-state index contributed by atoms with van der Waals surface area (Å²) in [6.07, 6.45) is 9.37. The molecule has 1 aromatic carbocycles. The van der Waals surface area contributed by atoms with Crippen molar-refractivity contribution in [3.63, 3.8) is 0 Å². The zero-order valence-electron chi connectivity index (χ0n) is 20.0. The Hall–Kier alpha value is -2.46. The van der Waals surface area contributed by atoms with Crippen LogP contribution in [-0.4, -0.2) is 64.8 Å². The van der Waals surface area contributed by atoms with Crippen molar-refractivity contribution in [3.8, 4) is 5.69 Å². The Bertz CT molecular complexity index is 1080. The Morgan fingerprint density at radius 2 is 1.80 bits per heavy atom. The highest BCUT2D eigenvalue weighted by Crippen LogP contribution is 2.26. The van der Waals surface area contributed by atoms with Gasteiger partial charge in [0, 0.05) is 50.5 Å². The van der Waals surface area contributed by atoms with E-state index in [2.05, 4.69) is 33.1 Å². The SMILES string of the molecule is Cl.N[C@H]1CC[C@@H](NC2CCc3cc(-n4ccc(NC(=O)N5CCNCC5)nc4=O)ccc3C2)CC1. The fourth-order valence-corrected chi connectivity index (χ4v) is 5.38. The van der Waals surface area contributed by atoms with Gasteiger partial charge >= 0.3 is 11.7 Å². The minimum Gasteiger partial charge on any atom is -0.328 e. The molecule has 1 atom stereocenters. The van der Waals surface area contributed by atoms with E-state index in [1.165, 1.54) is 28.5 Å². The second kappa shape index (κ2) is 11.5. The zero-order chi connectivity index (χ0) is 23.5. The standard InChI is InChI=1S/C25H35N7O2.ClH/c26-19-3-6-20(7-4-19)28-21-5-1-18-16-22(8-2-17(18)15-21)32-12-9-23(30-25(32)34)29-24(33)31-13-10-27-11-14-31;/h2,8-9,12,16,19-21,27-28H,1,3-7,10-11,13-15,26H2,(H,29,30,33,34);1H/t19-,20+,21?;. The molecule has 2 heterocycles. The summed E-state index contributed by atoms with van der Waals surface area (Å²) in [6.45, 7) is 2.83. The van der Waals surface area contributed by atoms with Crippen LogP contribution in [0.25, 0.3) is 5.69 Å². The lowest BCUT2D eigenvalue weighted by molar-refractivity contribution is 0.204. The second-order valence-corrected chi connectivity index (χ2v) is 9.80. The fourth-order valence-electron chi connectivity index (χ4n) is 5.38. The number of nitrogens with one attached hydrogen (secondary N) is 3. The van der Waals surface area contributed by atoms with Gasteiger partial charge in [-0.05, 0) is 74.3 Å². The number of benzene rings is 1. The first-order chi connectivity index (χ1) is 16.5. The van der Waals surface area contributed by atoms with Crippen LogP contribution >= 0.6 is 12.4 Å². The molecule has 0 bridgehead atoms. The molecule has 35 heavy (non-hydrogen) atoms. The molecule has 3 aliphatic rings. The average molecular weight is 502 g/mol. The summed E-state index contributed by atoms with van der Waals surface area (Å²) >= 11 is 0. The number of aryl methyl sites for hydroxylation is 1. The molecule has 10 heteroatoms. The number of urea groups is 1. The first-order valence-electron chi connectivity index (χ1n) is 12.6. The number of hydrogen-bond acceptors (Lipinski definition) is 6. The van der Waals surface area contributed by atoms with Crippen LogP contribution in [0.4, 0.5) is 10.6 Å². The van der Waals surface area contributed by atoms with E-state index in [9.17, 15) is 9.59 Å². The number of carbonyl (C=O) groups is 1. The Labute approximate surface area is 212 Å². The number of rotatable bonds is 4. The van der Waals surface area contributed by atoms with Crippen molar-refractivity contribution in [1.29, 1.82) is 0 Å². The van der Waals surface area contributed by atoms with Crippen LogP contribution in [0.5, 0.6) is 0 Å². The van der Waals surface area contributed by atoms with Crippen LogP contribution in [0, 0.1) is 0 Å². The maximum absolute atomic E-state index is 12.7. The Morgan fingerprint density at radius 3 is 2.54 bits per heavy atom. The number of nitrogens with zero attached hydrogens (tertiary/aromatic N) is 3. The Kier molecular flexibility index (Phi) is 8.43. The third-order valence-corrected chi connectivity index (χ3v) is 7.38. The lowest BCUT2D eigenvalue weighted by Gasteiger charge is -2.33. The van der Waals surface area contributed by atoms with Gasteiger partial charge < -0.3 is 21.3 Å². The number of halogens is 1. The monoisotopic (exact) mass is 501 g/mol. The molecule has 1 saturated carbocycles. The molecule has 0 radical (unpaired) electrons. The van der Waals surface area contributed by atoms with Crippen molar-refractivity contribution >= 4 is 24.3 Å². The second-order valence-electron chi connectivity index (χ2n) is 9.80. The van der Waals surface area contributed by atoms with E-state index in [1.54, 1.807) is 17.2 Å². The third-order valence-electron chi connectivity index (χ3n) is 7.38. The molecule has 2 fully saturated rings. The highest BCUT2D eigenvalue weighted by Gasteiger charge is 2.24. The van der Waals surface area contributed by atoms with Crippen molar-refractivity contribution < 1.29 is 4.79 Å². The fraction of sp³-hybridized carbons (Fsp3) is 0.560.